The third-order valence-corrected chi connectivity index (χ3v) is 4.64. The minimum atomic E-state index is -0.120. The van der Waals surface area contributed by atoms with Crippen LogP contribution in [0, 0.1) is 0 Å². The number of carbonyl (C=O) groups excluding carboxylic acids is 1. The molecule has 4 nitrogen and oxygen atoms in total. The maximum absolute atomic E-state index is 11.2. The van der Waals surface area contributed by atoms with E-state index in [2.05, 4.69) is 63.8 Å². The molecule has 4 rings (SSSR count). The van der Waals surface area contributed by atoms with E-state index < -0.39 is 0 Å². The van der Waals surface area contributed by atoms with Crippen molar-refractivity contribution in [1.29, 1.82) is 0 Å². The van der Waals surface area contributed by atoms with Gasteiger partial charge in [0.25, 0.3) is 0 Å². The molecule has 0 bridgehead atoms. The fourth-order valence-electron chi connectivity index (χ4n) is 3.61. The number of nitrogens with zero attached hydrogens (tertiary/aromatic N) is 1. The molecule has 0 spiro atoms. The number of nitrogens with one attached hydrogen (secondary N) is 2. The molecular formula is C20H19N3O. The molecule has 1 amide bonds. The van der Waals surface area contributed by atoms with Crippen molar-refractivity contribution in [1.82, 2.24) is 9.97 Å². The number of imidazole rings is 1. The number of hydrogen-bond donors (Lipinski definition) is 2. The zero-order valence-corrected chi connectivity index (χ0v) is 13.4. The quantitative estimate of drug-likeness (QED) is 0.763. The maximum atomic E-state index is 11.2. The minimum Gasteiger partial charge on any atom is -0.328 e. The van der Waals surface area contributed by atoms with Gasteiger partial charge in [-0.25, -0.2) is 4.98 Å². The molecule has 0 saturated heterocycles. The normalized spacial score (nSPS) is 22.1. The Hall–Kier alpha value is -2.88. The average Bonchev–Trinajstić information content (AvgIpc) is 3.19. The van der Waals surface area contributed by atoms with Gasteiger partial charge in [0.15, 0.2) is 0 Å². The highest BCUT2D eigenvalue weighted by molar-refractivity contribution is 5.86. The first-order valence-electron chi connectivity index (χ1n) is 8.16. The number of benzene rings is 2. The van der Waals surface area contributed by atoms with Crippen LogP contribution in [0.5, 0.6) is 0 Å². The second-order valence-electron chi connectivity index (χ2n) is 6.27. The number of anilines is 1. The van der Waals surface area contributed by atoms with Crippen molar-refractivity contribution in [2.24, 2.45) is 0 Å². The Morgan fingerprint density at radius 3 is 1.96 bits per heavy atom. The molecule has 1 fully saturated rings. The maximum Gasteiger partial charge on any atom is 0.223 e. The van der Waals surface area contributed by atoms with Crippen LogP contribution in [0.4, 0.5) is 5.95 Å². The summed E-state index contributed by atoms with van der Waals surface area (Å²) in [6.07, 6.45) is 1.84. The van der Waals surface area contributed by atoms with E-state index in [-0.39, 0.29) is 5.91 Å². The lowest BCUT2D eigenvalue weighted by molar-refractivity contribution is -0.114. The fraction of sp³-hybridized carbons (Fsp3) is 0.200. The molecule has 3 atom stereocenters. The van der Waals surface area contributed by atoms with Crippen LogP contribution in [-0.2, 0) is 4.79 Å². The standard InChI is InChI=1S/C20H19N3O/c1-13(24)22-20-21-12-16(23-20)19-17(14-8-4-2-5-9-14)18(19)15-10-6-3-7-11-15/h2-12,17-19H,1H3,(H2,21,22,23,24)/t17-,18+,19?. The second-order valence-corrected chi connectivity index (χ2v) is 6.27. The molecule has 24 heavy (non-hydrogen) atoms. The van der Waals surface area contributed by atoms with Gasteiger partial charge in [0.05, 0.1) is 6.20 Å². The predicted molar refractivity (Wildman–Crippen MR) is 94.0 cm³/mol. The van der Waals surface area contributed by atoms with Gasteiger partial charge in [-0.3, -0.25) is 10.1 Å². The average molecular weight is 317 g/mol. The number of aromatic nitrogens is 2. The summed E-state index contributed by atoms with van der Waals surface area (Å²) in [6.45, 7) is 1.48. The largest absolute Gasteiger partial charge is 0.328 e. The number of rotatable bonds is 4. The van der Waals surface area contributed by atoms with Crippen molar-refractivity contribution >= 4 is 11.9 Å². The van der Waals surface area contributed by atoms with Gasteiger partial charge in [0.2, 0.25) is 11.9 Å². The van der Waals surface area contributed by atoms with E-state index in [0.717, 1.165) is 5.69 Å². The molecule has 0 aliphatic heterocycles. The fourth-order valence-corrected chi connectivity index (χ4v) is 3.61. The highest BCUT2D eigenvalue weighted by Crippen LogP contribution is 2.65. The van der Waals surface area contributed by atoms with Gasteiger partial charge in [0, 0.05) is 30.4 Å². The number of H-pyrrole nitrogens is 1. The Morgan fingerprint density at radius 1 is 0.917 bits per heavy atom. The molecule has 1 heterocycles. The van der Waals surface area contributed by atoms with Crippen molar-refractivity contribution in [3.05, 3.63) is 83.7 Å². The van der Waals surface area contributed by atoms with Crippen LogP contribution in [0.15, 0.2) is 66.9 Å². The van der Waals surface area contributed by atoms with E-state index in [0.29, 0.717) is 23.7 Å². The van der Waals surface area contributed by atoms with Crippen LogP contribution in [0.2, 0.25) is 0 Å². The predicted octanol–water partition coefficient (Wildman–Crippen LogP) is 4.03. The first-order valence-corrected chi connectivity index (χ1v) is 8.16. The number of aromatic amines is 1. The van der Waals surface area contributed by atoms with Crippen LogP contribution >= 0.6 is 0 Å². The summed E-state index contributed by atoms with van der Waals surface area (Å²) in [7, 11) is 0. The molecule has 4 heteroatoms. The second kappa shape index (κ2) is 5.96. The smallest absolute Gasteiger partial charge is 0.223 e. The van der Waals surface area contributed by atoms with E-state index >= 15 is 0 Å². The number of carbonyl (C=O) groups is 1. The monoisotopic (exact) mass is 317 g/mol. The first-order chi connectivity index (χ1) is 11.7. The zero-order chi connectivity index (χ0) is 16.5. The summed E-state index contributed by atoms with van der Waals surface area (Å²) >= 11 is 0. The molecule has 1 unspecified atom stereocenters. The van der Waals surface area contributed by atoms with Crippen LogP contribution in [0.1, 0.15) is 41.5 Å². The Bertz CT molecular complexity index is 796. The van der Waals surface area contributed by atoms with Gasteiger partial charge in [0.1, 0.15) is 0 Å². The Morgan fingerprint density at radius 2 is 1.46 bits per heavy atom. The molecule has 2 aromatic carbocycles. The van der Waals surface area contributed by atoms with Crippen molar-refractivity contribution in [2.45, 2.75) is 24.7 Å². The molecule has 0 radical (unpaired) electrons. The third-order valence-electron chi connectivity index (χ3n) is 4.64. The minimum absolute atomic E-state index is 0.120. The summed E-state index contributed by atoms with van der Waals surface area (Å²) in [6, 6.07) is 21.2. The Balaban J connectivity index is 1.67. The Labute approximate surface area is 141 Å². The number of amides is 1. The van der Waals surface area contributed by atoms with E-state index in [4.69, 9.17) is 0 Å². The lowest BCUT2D eigenvalue weighted by Crippen LogP contribution is -2.07. The van der Waals surface area contributed by atoms with Gasteiger partial charge in [-0.15, -0.1) is 0 Å². The molecule has 1 saturated carbocycles. The van der Waals surface area contributed by atoms with E-state index in [1.54, 1.807) is 0 Å². The van der Waals surface area contributed by atoms with Crippen LogP contribution in [-0.4, -0.2) is 15.9 Å². The van der Waals surface area contributed by atoms with Gasteiger partial charge in [-0.05, 0) is 11.1 Å². The summed E-state index contributed by atoms with van der Waals surface area (Å²) in [4.78, 5) is 18.8. The molecule has 2 N–H and O–H groups in total. The summed E-state index contributed by atoms with van der Waals surface area (Å²) < 4.78 is 0. The lowest BCUT2D eigenvalue weighted by atomic mass is 10.0. The van der Waals surface area contributed by atoms with Crippen molar-refractivity contribution in [3.63, 3.8) is 0 Å². The van der Waals surface area contributed by atoms with Crippen LogP contribution in [0.25, 0.3) is 0 Å². The van der Waals surface area contributed by atoms with Gasteiger partial charge >= 0.3 is 0 Å². The third kappa shape index (κ3) is 2.71. The van der Waals surface area contributed by atoms with Crippen molar-refractivity contribution < 1.29 is 4.79 Å². The number of hydrogen-bond acceptors (Lipinski definition) is 2. The van der Waals surface area contributed by atoms with Gasteiger partial charge in [-0.2, -0.15) is 0 Å². The Kier molecular flexibility index (Phi) is 3.65. The highest BCUT2D eigenvalue weighted by Gasteiger charge is 2.53. The molecule has 1 aliphatic carbocycles. The SMILES string of the molecule is CC(=O)Nc1ncc(C2[C@@H](c3ccccc3)[C@H]2c2ccccc2)[nH]1. The first kappa shape index (κ1) is 14.7. The zero-order valence-electron chi connectivity index (χ0n) is 13.4. The summed E-state index contributed by atoms with van der Waals surface area (Å²) in [5, 5.41) is 2.71. The van der Waals surface area contributed by atoms with E-state index in [9.17, 15) is 4.79 Å². The summed E-state index contributed by atoms with van der Waals surface area (Å²) in [5.41, 5.74) is 3.75. The van der Waals surface area contributed by atoms with Gasteiger partial charge < -0.3 is 4.98 Å². The van der Waals surface area contributed by atoms with Crippen molar-refractivity contribution in [2.75, 3.05) is 5.32 Å². The summed E-state index contributed by atoms with van der Waals surface area (Å²) in [5.74, 6) is 1.61. The van der Waals surface area contributed by atoms with Gasteiger partial charge in [-0.1, -0.05) is 60.7 Å². The highest BCUT2D eigenvalue weighted by atomic mass is 16.1. The topological polar surface area (TPSA) is 57.8 Å². The van der Waals surface area contributed by atoms with Crippen molar-refractivity contribution in [3.8, 4) is 0 Å². The molecule has 3 aromatic rings. The molecule has 1 aliphatic rings. The van der Waals surface area contributed by atoms with Crippen LogP contribution < -0.4 is 5.32 Å². The van der Waals surface area contributed by atoms with E-state index in [1.807, 2.05) is 18.3 Å². The molecule has 120 valence electrons. The molecular weight excluding hydrogens is 298 g/mol. The van der Waals surface area contributed by atoms with E-state index in [1.165, 1.54) is 18.1 Å². The molecule has 1 aromatic heterocycles. The van der Waals surface area contributed by atoms with Crippen LogP contribution in [0.3, 0.4) is 0 Å². The lowest BCUT2D eigenvalue weighted by Gasteiger charge is -2.00.